The molecule has 3 rings (SSSR count). The van der Waals surface area contributed by atoms with E-state index in [2.05, 4.69) is 21.6 Å². The molecule has 1 aromatic heterocycles. The summed E-state index contributed by atoms with van der Waals surface area (Å²) in [6.45, 7) is 6.14. The Hall–Kier alpha value is -3.91. The summed E-state index contributed by atoms with van der Waals surface area (Å²) in [5, 5.41) is 19.6. The maximum Gasteiger partial charge on any atom is 0.272 e. The number of nitriles is 1. The summed E-state index contributed by atoms with van der Waals surface area (Å²) in [6, 6.07) is 8.51. The summed E-state index contributed by atoms with van der Waals surface area (Å²) < 4.78 is 47.0. The van der Waals surface area contributed by atoms with Crippen LogP contribution >= 0.6 is 0 Å². The number of anilines is 1. The van der Waals surface area contributed by atoms with Crippen molar-refractivity contribution in [3.63, 3.8) is 0 Å². The van der Waals surface area contributed by atoms with Gasteiger partial charge in [-0.05, 0) is 37.0 Å². The first-order chi connectivity index (χ1) is 18.6. The Morgan fingerprint density at radius 2 is 1.97 bits per heavy atom. The SMILES string of the molecule is CCCN(CC[C@H](OC)c1cc(CC#N)c2c(=O)[nH]nc(N[C@H](C)c3cccc(C(F)F)c3F)c2c1)C(C)=O. The highest BCUT2D eigenvalue weighted by molar-refractivity contribution is 5.94. The standard InChI is InChI=1S/C28H32F3N5O3/c1-5-12-36(17(3)37)13-10-23(39-4)19-14-18(9-11-32)24-22(15-19)27(34-35-28(24)38)33-16(2)20-7-6-8-21(25(20)29)26(30)31/h6-8,14-16,23,26H,5,9-10,12-13H2,1-4H3,(H,33,34)(H,35,38)/t16-,23+/m1/s1. The van der Waals surface area contributed by atoms with E-state index in [0.29, 0.717) is 36.0 Å². The van der Waals surface area contributed by atoms with E-state index < -0.39 is 35.5 Å². The number of aromatic nitrogens is 2. The van der Waals surface area contributed by atoms with Crippen molar-refractivity contribution in [2.75, 3.05) is 25.5 Å². The van der Waals surface area contributed by atoms with E-state index in [1.165, 1.54) is 26.2 Å². The monoisotopic (exact) mass is 543 g/mol. The van der Waals surface area contributed by atoms with Crippen LogP contribution in [-0.4, -0.2) is 41.2 Å². The van der Waals surface area contributed by atoms with E-state index in [9.17, 15) is 28.0 Å². The van der Waals surface area contributed by atoms with Crippen molar-refractivity contribution in [3.8, 4) is 6.07 Å². The highest BCUT2D eigenvalue weighted by Crippen LogP contribution is 2.33. The van der Waals surface area contributed by atoms with Crippen LogP contribution in [0.1, 0.15) is 74.4 Å². The number of nitrogens with zero attached hydrogens (tertiary/aromatic N) is 3. The van der Waals surface area contributed by atoms with Gasteiger partial charge in [0, 0.05) is 38.1 Å². The third-order valence-electron chi connectivity index (χ3n) is 6.63. The number of nitrogens with one attached hydrogen (secondary N) is 2. The minimum atomic E-state index is -2.97. The van der Waals surface area contributed by atoms with Crippen LogP contribution in [0, 0.1) is 17.1 Å². The van der Waals surface area contributed by atoms with Crippen LogP contribution < -0.4 is 10.9 Å². The molecule has 208 valence electrons. The fourth-order valence-electron chi connectivity index (χ4n) is 4.67. The van der Waals surface area contributed by atoms with Gasteiger partial charge < -0.3 is 15.0 Å². The van der Waals surface area contributed by atoms with Gasteiger partial charge in [-0.2, -0.15) is 10.4 Å². The molecule has 0 fully saturated rings. The number of methoxy groups -OCH3 is 1. The maximum atomic E-state index is 14.8. The minimum Gasteiger partial charge on any atom is -0.377 e. The van der Waals surface area contributed by atoms with Crippen molar-refractivity contribution < 1.29 is 22.7 Å². The van der Waals surface area contributed by atoms with E-state index in [1.54, 1.807) is 24.0 Å². The van der Waals surface area contributed by atoms with Gasteiger partial charge in [0.25, 0.3) is 12.0 Å². The Bertz CT molecular complexity index is 1420. The number of hydrogen-bond donors (Lipinski definition) is 2. The molecule has 0 spiro atoms. The number of halogens is 3. The zero-order valence-electron chi connectivity index (χ0n) is 22.4. The van der Waals surface area contributed by atoms with Gasteiger partial charge in [-0.15, -0.1) is 0 Å². The second-order valence-corrected chi connectivity index (χ2v) is 9.28. The molecule has 0 aliphatic rings. The van der Waals surface area contributed by atoms with Crippen LogP contribution in [0.4, 0.5) is 19.0 Å². The van der Waals surface area contributed by atoms with Crippen molar-refractivity contribution in [1.29, 1.82) is 5.26 Å². The average Bonchev–Trinajstić information content (AvgIpc) is 2.89. The second-order valence-electron chi connectivity index (χ2n) is 9.28. The number of hydrogen-bond acceptors (Lipinski definition) is 6. The summed E-state index contributed by atoms with van der Waals surface area (Å²) in [4.78, 5) is 26.5. The van der Waals surface area contributed by atoms with Gasteiger partial charge in [-0.3, -0.25) is 9.59 Å². The lowest BCUT2D eigenvalue weighted by atomic mass is 9.96. The molecule has 2 atom stereocenters. The van der Waals surface area contributed by atoms with Crippen molar-refractivity contribution in [2.24, 2.45) is 0 Å². The normalized spacial score (nSPS) is 12.8. The quantitative estimate of drug-likeness (QED) is 0.309. The van der Waals surface area contributed by atoms with Gasteiger partial charge in [0.1, 0.15) is 5.82 Å². The molecular weight excluding hydrogens is 511 g/mol. The van der Waals surface area contributed by atoms with Crippen molar-refractivity contribution in [3.05, 3.63) is 68.8 Å². The number of H-pyrrole nitrogens is 1. The van der Waals surface area contributed by atoms with Crippen LogP contribution in [0.3, 0.4) is 0 Å². The fourth-order valence-corrected chi connectivity index (χ4v) is 4.67. The van der Waals surface area contributed by atoms with E-state index in [-0.39, 0.29) is 29.1 Å². The van der Waals surface area contributed by atoms with Crippen molar-refractivity contribution in [1.82, 2.24) is 15.1 Å². The highest BCUT2D eigenvalue weighted by Gasteiger charge is 2.22. The molecule has 0 aliphatic carbocycles. The number of ether oxygens (including phenoxy) is 1. The topological polar surface area (TPSA) is 111 Å². The number of aromatic amines is 1. The Morgan fingerprint density at radius 3 is 2.59 bits per heavy atom. The molecule has 0 saturated carbocycles. The second kappa shape index (κ2) is 13.2. The van der Waals surface area contributed by atoms with Crippen LogP contribution in [0.2, 0.25) is 0 Å². The van der Waals surface area contributed by atoms with Gasteiger partial charge in [0.05, 0.1) is 35.6 Å². The Morgan fingerprint density at radius 1 is 1.26 bits per heavy atom. The molecule has 1 heterocycles. The molecule has 0 bridgehead atoms. The highest BCUT2D eigenvalue weighted by atomic mass is 19.3. The lowest BCUT2D eigenvalue weighted by Gasteiger charge is -2.24. The molecule has 1 amide bonds. The molecule has 8 nitrogen and oxygen atoms in total. The van der Waals surface area contributed by atoms with Gasteiger partial charge in [0.15, 0.2) is 5.82 Å². The summed E-state index contributed by atoms with van der Waals surface area (Å²) in [7, 11) is 1.53. The zero-order valence-corrected chi connectivity index (χ0v) is 22.4. The first-order valence-corrected chi connectivity index (χ1v) is 12.7. The van der Waals surface area contributed by atoms with Gasteiger partial charge >= 0.3 is 0 Å². The molecule has 0 saturated heterocycles. The third-order valence-corrected chi connectivity index (χ3v) is 6.63. The summed E-state index contributed by atoms with van der Waals surface area (Å²) in [5.41, 5.74) is -0.0777. The zero-order chi connectivity index (χ0) is 28.7. The number of carbonyl (C=O) groups excluding carboxylic acids is 1. The first-order valence-electron chi connectivity index (χ1n) is 12.7. The van der Waals surface area contributed by atoms with E-state index in [4.69, 9.17) is 4.74 Å². The first kappa shape index (κ1) is 29.6. The molecular formula is C28H32F3N5O3. The molecule has 2 aromatic carbocycles. The van der Waals surface area contributed by atoms with Crippen molar-refractivity contribution in [2.45, 2.75) is 58.6 Å². The lowest BCUT2D eigenvalue weighted by molar-refractivity contribution is -0.129. The van der Waals surface area contributed by atoms with E-state index >= 15 is 0 Å². The van der Waals surface area contributed by atoms with Crippen LogP contribution in [0.5, 0.6) is 0 Å². The molecule has 2 N–H and O–H groups in total. The molecule has 39 heavy (non-hydrogen) atoms. The smallest absolute Gasteiger partial charge is 0.272 e. The van der Waals surface area contributed by atoms with Crippen LogP contribution in [-0.2, 0) is 16.0 Å². The van der Waals surface area contributed by atoms with Gasteiger partial charge in [-0.25, -0.2) is 18.3 Å². The summed E-state index contributed by atoms with van der Waals surface area (Å²) >= 11 is 0. The Labute approximate surface area is 224 Å². The maximum absolute atomic E-state index is 14.8. The van der Waals surface area contributed by atoms with E-state index in [1.807, 2.05) is 6.92 Å². The molecule has 0 aliphatic heterocycles. The van der Waals surface area contributed by atoms with Crippen LogP contribution in [0.25, 0.3) is 10.8 Å². The number of rotatable bonds is 12. The number of amides is 1. The van der Waals surface area contributed by atoms with Gasteiger partial charge in [0.2, 0.25) is 5.91 Å². The van der Waals surface area contributed by atoms with Gasteiger partial charge in [-0.1, -0.05) is 31.2 Å². The van der Waals surface area contributed by atoms with Crippen LogP contribution in [0.15, 0.2) is 35.1 Å². The Balaban J connectivity index is 2.07. The average molecular weight is 544 g/mol. The number of fused-ring (bicyclic) bond motifs is 1. The summed E-state index contributed by atoms with van der Waals surface area (Å²) in [6.07, 6.45) is -2.22. The third kappa shape index (κ3) is 6.75. The molecule has 0 unspecified atom stereocenters. The molecule has 0 radical (unpaired) electrons. The molecule has 11 heteroatoms. The largest absolute Gasteiger partial charge is 0.377 e. The predicted octanol–water partition coefficient (Wildman–Crippen LogP) is 5.58. The minimum absolute atomic E-state index is 0.0115. The van der Waals surface area contributed by atoms with E-state index in [0.717, 1.165) is 12.5 Å². The molecule has 3 aromatic rings. The number of carbonyl (C=O) groups is 1. The van der Waals surface area contributed by atoms with Crippen molar-refractivity contribution >= 4 is 22.5 Å². The summed E-state index contributed by atoms with van der Waals surface area (Å²) in [5.74, 6) is -0.880. The lowest BCUT2D eigenvalue weighted by Crippen LogP contribution is -2.31. The number of alkyl halides is 2. The fraction of sp³-hybridized carbons (Fsp3) is 0.429. The predicted molar refractivity (Wildman–Crippen MR) is 142 cm³/mol. The Kier molecular flexibility index (Phi) is 10.1. The number of benzene rings is 2.